The Kier molecular flexibility index (Phi) is 3.57. The summed E-state index contributed by atoms with van der Waals surface area (Å²) in [6.45, 7) is 0.476. The number of aryl methyl sites for hydroxylation is 2. The minimum atomic E-state index is -1.19. The summed E-state index contributed by atoms with van der Waals surface area (Å²) in [6.07, 6.45) is 2.31. The lowest BCUT2D eigenvalue weighted by molar-refractivity contribution is 0.0694. The van der Waals surface area contributed by atoms with Gasteiger partial charge in [-0.15, -0.1) is 0 Å². The van der Waals surface area contributed by atoms with Crippen LogP contribution in [-0.2, 0) is 13.0 Å². The number of nitrogens with zero attached hydrogens (tertiary/aromatic N) is 1. The summed E-state index contributed by atoms with van der Waals surface area (Å²) in [6, 6.07) is 12.7. The lowest BCUT2D eigenvalue weighted by Crippen LogP contribution is -2.26. The Morgan fingerprint density at radius 3 is 2.50 bits per heavy atom. The summed E-state index contributed by atoms with van der Waals surface area (Å²) in [5, 5.41) is 8.86. The quantitative estimate of drug-likeness (QED) is 0.890. The van der Waals surface area contributed by atoms with E-state index in [4.69, 9.17) is 5.11 Å². The van der Waals surface area contributed by atoms with E-state index in [1.54, 1.807) is 12.3 Å². The second-order valence-corrected chi connectivity index (χ2v) is 3.96. The Labute approximate surface area is 104 Å². The molecular weight excluding hydrogens is 230 g/mol. The molecule has 0 aliphatic carbocycles. The Balaban J connectivity index is 2.18. The molecule has 0 aliphatic heterocycles. The highest BCUT2D eigenvalue weighted by Crippen LogP contribution is 2.01. The molecule has 4 heteroatoms. The predicted molar refractivity (Wildman–Crippen MR) is 67.8 cm³/mol. The van der Waals surface area contributed by atoms with E-state index >= 15 is 0 Å². The van der Waals surface area contributed by atoms with Crippen LogP contribution >= 0.6 is 0 Å². The normalized spacial score (nSPS) is 10.2. The maximum Gasteiger partial charge on any atom is 0.341 e. The number of carboxylic acids is 1. The van der Waals surface area contributed by atoms with Crippen LogP contribution in [0.25, 0.3) is 0 Å². The summed E-state index contributed by atoms with van der Waals surface area (Å²) >= 11 is 0. The minimum Gasteiger partial charge on any atom is -0.477 e. The van der Waals surface area contributed by atoms with Gasteiger partial charge in [-0.25, -0.2) is 4.79 Å². The van der Waals surface area contributed by atoms with Crippen LogP contribution in [0.15, 0.2) is 53.5 Å². The Morgan fingerprint density at radius 1 is 1.11 bits per heavy atom. The molecule has 0 saturated carbocycles. The molecule has 1 aromatic carbocycles. The molecule has 1 N–H and O–H groups in total. The van der Waals surface area contributed by atoms with Crippen molar-refractivity contribution in [2.45, 2.75) is 13.0 Å². The molecule has 1 aromatic heterocycles. The summed E-state index contributed by atoms with van der Waals surface area (Å²) in [5.74, 6) is -1.19. The van der Waals surface area contributed by atoms with Crippen LogP contribution in [0.3, 0.4) is 0 Å². The van der Waals surface area contributed by atoms with Gasteiger partial charge in [-0.1, -0.05) is 30.3 Å². The van der Waals surface area contributed by atoms with E-state index in [9.17, 15) is 9.59 Å². The van der Waals surface area contributed by atoms with Gasteiger partial charge in [0.1, 0.15) is 5.56 Å². The van der Waals surface area contributed by atoms with Crippen LogP contribution in [0.4, 0.5) is 0 Å². The number of carbonyl (C=O) groups is 1. The molecule has 0 spiro atoms. The number of benzene rings is 1. The van der Waals surface area contributed by atoms with Gasteiger partial charge in [-0.3, -0.25) is 4.79 Å². The van der Waals surface area contributed by atoms with Crippen molar-refractivity contribution in [3.05, 3.63) is 70.1 Å². The second kappa shape index (κ2) is 5.31. The number of carboxylic acid groups (broad SMARTS) is 1. The molecule has 0 unspecified atom stereocenters. The van der Waals surface area contributed by atoms with E-state index in [0.29, 0.717) is 13.0 Å². The third kappa shape index (κ3) is 2.66. The minimum absolute atomic E-state index is 0.189. The van der Waals surface area contributed by atoms with Crippen LogP contribution in [-0.4, -0.2) is 15.6 Å². The zero-order valence-electron chi connectivity index (χ0n) is 9.74. The lowest BCUT2D eigenvalue weighted by Gasteiger charge is -2.06. The van der Waals surface area contributed by atoms with Crippen molar-refractivity contribution in [3.63, 3.8) is 0 Å². The van der Waals surface area contributed by atoms with Gasteiger partial charge in [-0.05, 0) is 24.1 Å². The molecule has 2 aromatic rings. The maximum atomic E-state index is 11.8. The molecule has 0 radical (unpaired) electrons. The number of pyridine rings is 1. The molecule has 0 bridgehead atoms. The van der Waals surface area contributed by atoms with Gasteiger partial charge in [0, 0.05) is 12.7 Å². The molecule has 0 saturated heterocycles. The van der Waals surface area contributed by atoms with Crippen molar-refractivity contribution >= 4 is 5.97 Å². The number of aromatic nitrogens is 1. The van der Waals surface area contributed by atoms with Crippen molar-refractivity contribution in [3.8, 4) is 0 Å². The van der Waals surface area contributed by atoms with Crippen LogP contribution < -0.4 is 5.56 Å². The van der Waals surface area contributed by atoms with Crippen molar-refractivity contribution in [2.75, 3.05) is 0 Å². The summed E-state index contributed by atoms with van der Waals surface area (Å²) in [5.41, 5.74) is 0.469. The van der Waals surface area contributed by atoms with E-state index in [0.717, 1.165) is 5.56 Å². The third-order valence-corrected chi connectivity index (χ3v) is 2.73. The molecule has 4 nitrogen and oxygen atoms in total. The van der Waals surface area contributed by atoms with Gasteiger partial charge >= 0.3 is 5.97 Å². The lowest BCUT2D eigenvalue weighted by atomic mass is 10.1. The van der Waals surface area contributed by atoms with Crippen molar-refractivity contribution in [2.24, 2.45) is 0 Å². The van der Waals surface area contributed by atoms with E-state index in [1.807, 2.05) is 30.3 Å². The molecule has 0 fully saturated rings. The van der Waals surface area contributed by atoms with Gasteiger partial charge in [0.15, 0.2) is 0 Å². The molecule has 18 heavy (non-hydrogen) atoms. The highest BCUT2D eigenvalue weighted by molar-refractivity contribution is 5.86. The molecule has 0 aliphatic rings. The summed E-state index contributed by atoms with van der Waals surface area (Å²) < 4.78 is 1.43. The van der Waals surface area contributed by atoms with E-state index < -0.39 is 11.5 Å². The number of aromatic carboxylic acids is 1. The average molecular weight is 243 g/mol. The van der Waals surface area contributed by atoms with E-state index in [2.05, 4.69) is 0 Å². The fraction of sp³-hybridized carbons (Fsp3) is 0.143. The predicted octanol–water partition coefficient (Wildman–Crippen LogP) is 1.79. The van der Waals surface area contributed by atoms with E-state index in [-0.39, 0.29) is 5.56 Å². The van der Waals surface area contributed by atoms with Gasteiger partial charge < -0.3 is 9.67 Å². The third-order valence-electron chi connectivity index (χ3n) is 2.73. The Morgan fingerprint density at radius 2 is 1.83 bits per heavy atom. The second-order valence-electron chi connectivity index (χ2n) is 3.96. The van der Waals surface area contributed by atoms with Crippen molar-refractivity contribution in [1.82, 2.24) is 4.57 Å². The SMILES string of the molecule is O=C(O)c1cccn(CCc2ccccc2)c1=O. The largest absolute Gasteiger partial charge is 0.477 e. The van der Waals surface area contributed by atoms with Crippen LogP contribution in [0.1, 0.15) is 15.9 Å². The average Bonchev–Trinajstić information content (AvgIpc) is 2.38. The highest BCUT2D eigenvalue weighted by atomic mass is 16.4. The number of hydrogen-bond donors (Lipinski definition) is 1. The van der Waals surface area contributed by atoms with Gasteiger partial charge in [-0.2, -0.15) is 0 Å². The molecule has 1 heterocycles. The van der Waals surface area contributed by atoms with Gasteiger partial charge in [0.05, 0.1) is 0 Å². The first-order valence-corrected chi connectivity index (χ1v) is 5.65. The Hall–Kier alpha value is -2.36. The topological polar surface area (TPSA) is 59.3 Å². The molecule has 92 valence electrons. The zero-order valence-corrected chi connectivity index (χ0v) is 9.74. The number of rotatable bonds is 4. The standard InChI is InChI=1S/C14H13NO3/c16-13-12(14(17)18)7-4-9-15(13)10-8-11-5-2-1-3-6-11/h1-7,9H,8,10H2,(H,17,18). The van der Waals surface area contributed by atoms with Gasteiger partial charge in [0.2, 0.25) is 0 Å². The first-order valence-electron chi connectivity index (χ1n) is 5.65. The van der Waals surface area contributed by atoms with Crippen LogP contribution in [0, 0.1) is 0 Å². The first kappa shape index (κ1) is 12.1. The molecular formula is C14H13NO3. The maximum absolute atomic E-state index is 11.8. The van der Waals surface area contributed by atoms with E-state index in [1.165, 1.54) is 10.6 Å². The van der Waals surface area contributed by atoms with Crippen LogP contribution in [0.2, 0.25) is 0 Å². The highest BCUT2D eigenvalue weighted by Gasteiger charge is 2.09. The Bertz CT molecular complexity index is 602. The van der Waals surface area contributed by atoms with Crippen LogP contribution in [0.5, 0.6) is 0 Å². The van der Waals surface area contributed by atoms with Crippen molar-refractivity contribution in [1.29, 1.82) is 0 Å². The van der Waals surface area contributed by atoms with Crippen molar-refractivity contribution < 1.29 is 9.90 Å². The van der Waals surface area contributed by atoms with Gasteiger partial charge in [0.25, 0.3) is 5.56 Å². The smallest absolute Gasteiger partial charge is 0.341 e. The molecule has 0 atom stereocenters. The first-order chi connectivity index (χ1) is 8.68. The fourth-order valence-corrected chi connectivity index (χ4v) is 1.77. The monoisotopic (exact) mass is 243 g/mol. The molecule has 0 amide bonds. The number of hydrogen-bond acceptors (Lipinski definition) is 2. The fourth-order valence-electron chi connectivity index (χ4n) is 1.77. The molecule has 2 rings (SSSR count). The summed E-state index contributed by atoms with van der Waals surface area (Å²) in [7, 11) is 0. The summed E-state index contributed by atoms with van der Waals surface area (Å²) in [4.78, 5) is 22.6. The zero-order chi connectivity index (χ0) is 13.0.